The quantitative estimate of drug-likeness (QED) is 0.0228. The molecule has 6 atom stereocenters. The van der Waals surface area contributed by atoms with Gasteiger partial charge < -0.3 is 39.0 Å². The number of carbonyl (C=O) groups excluding carboxylic acids is 3. The highest BCUT2D eigenvalue weighted by Crippen LogP contribution is 2.26. The van der Waals surface area contributed by atoms with Crippen LogP contribution >= 0.6 is 0 Å². The zero-order valence-electron chi connectivity index (χ0n) is 45.3. The van der Waals surface area contributed by atoms with Gasteiger partial charge in [-0.15, -0.1) is 0 Å². The number of aliphatic carboxylic acids is 1. The predicted molar refractivity (Wildman–Crippen MR) is 294 cm³/mol. The fraction of sp³-hybridized carbons (Fsp3) is 0.672. The van der Waals surface area contributed by atoms with Crippen molar-refractivity contribution in [1.82, 2.24) is 0 Å². The van der Waals surface area contributed by atoms with E-state index in [1.54, 1.807) is 0 Å². The third-order valence-electron chi connectivity index (χ3n) is 12.1. The molecule has 73 heavy (non-hydrogen) atoms. The van der Waals surface area contributed by atoms with Crippen molar-refractivity contribution >= 4 is 23.9 Å². The van der Waals surface area contributed by atoms with Crippen LogP contribution in [0.2, 0.25) is 0 Å². The van der Waals surface area contributed by atoms with Crippen LogP contribution in [-0.2, 0) is 42.9 Å². The molecule has 6 unspecified atom stereocenters. The highest BCUT2D eigenvalue weighted by molar-refractivity contribution is 5.74. The van der Waals surface area contributed by atoms with Crippen LogP contribution in [0, 0.1) is 0 Å². The number of hydrogen-bond acceptors (Lipinski definition) is 11. The zero-order valence-corrected chi connectivity index (χ0v) is 45.3. The normalized spacial score (nSPS) is 19.1. The molecular formula is C61H98O12. The van der Waals surface area contributed by atoms with Crippen molar-refractivity contribution in [2.75, 3.05) is 13.2 Å². The third-order valence-corrected chi connectivity index (χ3v) is 12.1. The van der Waals surface area contributed by atoms with Gasteiger partial charge >= 0.3 is 23.9 Å². The Morgan fingerprint density at radius 3 is 1.41 bits per heavy atom. The predicted octanol–water partition coefficient (Wildman–Crippen LogP) is 14.1. The number of aliphatic hydroxyl groups is 2. The summed E-state index contributed by atoms with van der Waals surface area (Å²) in [7, 11) is 0. The fourth-order valence-electron chi connectivity index (χ4n) is 7.77. The molecule has 0 aromatic heterocycles. The molecule has 0 aromatic carbocycles. The summed E-state index contributed by atoms with van der Waals surface area (Å²) in [5.74, 6) is -3.24. The Labute approximate surface area is 441 Å². The first-order chi connectivity index (χ1) is 35.6. The van der Waals surface area contributed by atoms with E-state index < -0.39 is 67.3 Å². The first-order valence-electron chi connectivity index (χ1n) is 28.2. The lowest BCUT2D eigenvalue weighted by Crippen LogP contribution is -2.61. The summed E-state index contributed by atoms with van der Waals surface area (Å²) < 4.78 is 28.3. The number of carboxylic acids is 1. The van der Waals surface area contributed by atoms with Crippen molar-refractivity contribution in [3.63, 3.8) is 0 Å². The average molecular weight is 1020 g/mol. The Bertz CT molecular complexity index is 1640. The van der Waals surface area contributed by atoms with Gasteiger partial charge in [0.05, 0.1) is 6.61 Å². The molecule has 1 fully saturated rings. The summed E-state index contributed by atoms with van der Waals surface area (Å²) in [5.41, 5.74) is 0. The van der Waals surface area contributed by atoms with Gasteiger partial charge in [-0.1, -0.05) is 182 Å². The van der Waals surface area contributed by atoms with Gasteiger partial charge in [-0.3, -0.25) is 14.4 Å². The molecule has 12 heteroatoms. The Hall–Kier alpha value is -4.36. The van der Waals surface area contributed by atoms with E-state index in [1.807, 2.05) is 6.08 Å². The van der Waals surface area contributed by atoms with Crippen LogP contribution in [0.25, 0.3) is 0 Å². The molecule has 12 nitrogen and oxygen atoms in total. The summed E-state index contributed by atoms with van der Waals surface area (Å²) in [5, 5.41) is 31.4. The SMILES string of the molecule is CC/C=C\C/C=C\C/C=C\C/C=C\C/C=C\CCCC(=O)OCC(COC1OC(C(=O)O)C(O)C(O)C1OC(=O)CCCCCCC/C=C\CCCC)OC(=O)CCCCCCC/C=C\C/C=C\CCCCC. The van der Waals surface area contributed by atoms with Crippen molar-refractivity contribution in [3.05, 3.63) is 97.2 Å². The van der Waals surface area contributed by atoms with Gasteiger partial charge in [0.15, 0.2) is 24.6 Å². The number of ether oxygens (including phenoxy) is 5. The van der Waals surface area contributed by atoms with Crippen molar-refractivity contribution in [2.24, 2.45) is 0 Å². The molecule has 0 bridgehead atoms. The third kappa shape index (κ3) is 38.8. The summed E-state index contributed by atoms with van der Waals surface area (Å²) in [4.78, 5) is 51.0. The number of unbranched alkanes of at least 4 members (excludes halogenated alkanes) is 16. The van der Waals surface area contributed by atoms with E-state index >= 15 is 0 Å². The molecule has 414 valence electrons. The molecule has 0 amide bonds. The molecule has 1 heterocycles. The van der Waals surface area contributed by atoms with Gasteiger partial charge in [0.1, 0.15) is 18.8 Å². The lowest BCUT2D eigenvalue weighted by Gasteiger charge is -2.40. The summed E-state index contributed by atoms with van der Waals surface area (Å²) in [6.45, 7) is 5.72. The number of rotatable bonds is 46. The molecule has 1 aliphatic rings. The maximum Gasteiger partial charge on any atom is 0.335 e. The van der Waals surface area contributed by atoms with Gasteiger partial charge in [0.2, 0.25) is 0 Å². The first-order valence-corrected chi connectivity index (χ1v) is 28.2. The van der Waals surface area contributed by atoms with Crippen molar-refractivity contribution in [2.45, 2.75) is 250 Å². The van der Waals surface area contributed by atoms with Crippen LogP contribution in [-0.4, -0.2) is 89.2 Å². The minimum absolute atomic E-state index is 0.0384. The van der Waals surface area contributed by atoms with E-state index in [1.165, 1.54) is 32.1 Å². The number of carboxylic acid groups (broad SMARTS) is 1. The Balaban J connectivity index is 2.77. The van der Waals surface area contributed by atoms with E-state index in [9.17, 15) is 34.5 Å². The van der Waals surface area contributed by atoms with Gasteiger partial charge in [-0.25, -0.2) is 4.79 Å². The van der Waals surface area contributed by atoms with Crippen LogP contribution in [0.4, 0.5) is 0 Å². The van der Waals surface area contributed by atoms with Gasteiger partial charge in [0.25, 0.3) is 0 Å². The van der Waals surface area contributed by atoms with Crippen LogP contribution < -0.4 is 0 Å². The van der Waals surface area contributed by atoms with Crippen LogP contribution in [0.5, 0.6) is 0 Å². The molecule has 1 rings (SSSR count). The number of hydrogen-bond donors (Lipinski definition) is 3. The molecule has 0 aromatic rings. The molecular weight excluding hydrogens is 925 g/mol. The van der Waals surface area contributed by atoms with E-state index in [2.05, 4.69) is 112 Å². The zero-order chi connectivity index (χ0) is 53.3. The average Bonchev–Trinajstić information content (AvgIpc) is 3.37. The second kappa shape index (κ2) is 48.6. The van der Waals surface area contributed by atoms with E-state index in [-0.39, 0.29) is 25.9 Å². The number of carbonyl (C=O) groups is 4. The van der Waals surface area contributed by atoms with Gasteiger partial charge in [-0.2, -0.15) is 0 Å². The second-order valence-electron chi connectivity index (χ2n) is 18.8. The largest absolute Gasteiger partial charge is 0.479 e. The van der Waals surface area contributed by atoms with E-state index in [0.717, 1.165) is 116 Å². The molecule has 0 aliphatic carbocycles. The molecule has 0 saturated carbocycles. The lowest BCUT2D eigenvalue weighted by atomic mass is 9.98. The highest BCUT2D eigenvalue weighted by Gasteiger charge is 2.50. The van der Waals surface area contributed by atoms with Crippen molar-refractivity contribution in [1.29, 1.82) is 0 Å². The summed E-state index contributed by atoms with van der Waals surface area (Å²) in [6.07, 6.45) is 51.1. The highest BCUT2D eigenvalue weighted by atomic mass is 16.7. The van der Waals surface area contributed by atoms with Crippen LogP contribution in [0.15, 0.2) is 97.2 Å². The van der Waals surface area contributed by atoms with Crippen LogP contribution in [0.3, 0.4) is 0 Å². The summed E-state index contributed by atoms with van der Waals surface area (Å²) >= 11 is 0. The van der Waals surface area contributed by atoms with Crippen molar-refractivity contribution in [3.8, 4) is 0 Å². The molecule has 1 saturated heterocycles. The molecule has 0 radical (unpaired) electrons. The molecule has 1 aliphatic heterocycles. The fourth-order valence-corrected chi connectivity index (χ4v) is 7.77. The number of aliphatic hydroxyl groups excluding tert-OH is 2. The van der Waals surface area contributed by atoms with Crippen LogP contribution in [0.1, 0.15) is 213 Å². The lowest BCUT2D eigenvalue weighted by molar-refractivity contribution is -0.301. The topological polar surface area (TPSA) is 175 Å². The Morgan fingerprint density at radius 1 is 0.466 bits per heavy atom. The second-order valence-corrected chi connectivity index (χ2v) is 18.8. The smallest absolute Gasteiger partial charge is 0.335 e. The minimum atomic E-state index is -1.92. The number of allylic oxidation sites excluding steroid dienone is 16. The first kappa shape index (κ1) is 66.7. The maximum absolute atomic E-state index is 13.1. The van der Waals surface area contributed by atoms with Crippen molar-refractivity contribution < 1.29 is 58.2 Å². The van der Waals surface area contributed by atoms with Gasteiger partial charge in [0, 0.05) is 19.3 Å². The van der Waals surface area contributed by atoms with E-state index in [4.69, 9.17) is 23.7 Å². The minimum Gasteiger partial charge on any atom is -0.479 e. The summed E-state index contributed by atoms with van der Waals surface area (Å²) in [6, 6.07) is 0. The van der Waals surface area contributed by atoms with Gasteiger partial charge in [-0.05, 0) is 109 Å². The molecule has 0 spiro atoms. The molecule has 3 N–H and O–H groups in total. The standard InChI is InChI=1S/C61H98O12/c1-4-7-10-13-16-19-22-24-26-27-29-30-33-35-38-41-44-47-53(62)69-50-52(71-54(63)48-45-42-39-37-34-31-28-25-23-20-17-14-11-8-5-2)51-70-61-59(57(66)56(65)58(73-61)60(67)68)72-55(64)49-46-43-40-36-32-21-18-15-12-9-6-3/h7,10,15-20,24-26,28-30,35,38,52,56-59,61,65-66H,4-6,8-9,11-14,21-23,27,31-34,36-37,39-51H2,1-3H3,(H,67,68)/b10-7-,18-15-,19-16-,20-17-,26-24-,28-25-,30-29-,38-35-. The number of esters is 3. The monoisotopic (exact) mass is 1020 g/mol. The Morgan fingerprint density at radius 2 is 0.890 bits per heavy atom. The Kier molecular flexibility index (Phi) is 44.4. The maximum atomic E-state index is 13.1. The van der Waals surface area contributed by atoms with E-state index in [0.29, 0.717) is 25.7 Å².